The third-order valence-electron chi connectivity index (χ3n) is 3.76. The molecule has 0 saturated carbocycles. The minimum Gasteiger partial charge on any atom is -0.480 e. The summed E-state index contributed by atoms with van der Waals surface area (Å²) in [6, 6.07) is 11.1. The number of nitrogens with two attached hydrogens (primary N) is 1. The summed E-state index contributed by atoms with van der Waals surface area (Å²) in [5.41, 5.74) is 5.55. The van der Waals surface area contributed by atoms with Gasteiger partial charge in [0, 0.05) is 11.8 Å². The Morgan fingerprint density at radius 1 is 1.04 bits per heavy atom. The Morgan fingerprint density at radius 3 is 2.44 bits per heavy atom. The van der Waals surface area contributed by atoms with Crippen molar-refractivity contribution < 1.29 is 24.3 Å². The molecule has 9 nitrogen and oxygen atoms in total. The summed E-state index contributed by atoms with van der Waals surface area (Å²) in [5.74, 6) is -2.65. The molecule has 0 unspecified atom stereocenters. The fraction of sp³-hybridized carbons (Fsp3) is 0.222. The van der Waals surface area contributed by atoms with Crippen molar-refractivity contribution in [3.63, 3.8) is 0 Å². The molecule has 0 radical (unpaired) electrons. The van der Waals surface area contributed by atoms with Crippen LogP contribution in [0.2, 0.25) is 0 Å². The molecule has 9 heteroatoms. The van der Waals surface area contributed by atoms with Crippen molar-refractivity contribution in [2.45, 2.75) is 18.9 Å². The summed E-state index contributed by atoms with van der Waals surface area (Å²) in [4.78, 5) is 45.7. The minimum absolute atomic E-state index is 0.126. The molecule has 2 aromatic carbocycles. The summed E-state index contributed by atoms with van der Waals surface area (Å²) < 4.78 is 0. The van der Waals surface area contributed by atoms with Crippen LogP contribution in [0.4, 0.5) is 10.5 Å². The number of nitrogens with one attached hydrogen (secondary N) is 3. The molecule has 0 bridgehead atoms. The number of benzene rings is 2. The van der Waals surface area contributed by atoms with E-state index in [-0.39, 0.29) is 12.8 Å². The SMILES string of the molecule is NC(=O)CC[C@H](NC(=O)CNC(=O)Nc1cccc2ccccc12)C(=O)O. The van der Waals surface area contributed by atoms with E-state index in [1.807, 2.05) is 30.3 Å². The molecule has 0 spiro atoms. The van der Waals surface area contributed by atoms with Gasteiger partial charge in [-0.05, 0) is 17.9 Å². The van der Waals surface area contributed by atoms with Crippen LogP contribution in [-0.4, -0.2) is 41.5 Å². The lowest BCUT2D eigenvalue weighted by Gasteiger charge is -2.14. The zero-order valence-electron chi connectivity index (χ0n) is 14.4. The van der Waals surface area contributed by atoms with Crippen molar-refractivity contribution in [2.24, 2.45) is 5.73 Å². The molecule has 1 atom stereocenters. The number of anilines is 1. The molecular formula is C18H20N4O5. The largest absolute Gasteiger partial charge is 0.480 e. The quantitative estimate of drug-likeness (QED) is 0.464. The van der Waals surface area contributed by atoms with E-state index in [1.165, 1.54) is 0 Å². The highest BCUT2D eigenvalue weighted by Gasteiger charge is 2.20. The number of carboxylic acid groups (broad SMARTS) is 1. The van der Waals surface area contributed by atoms with Gasteiger partial charge in [-0.2, -0.15) is 0 Å². The molecule has 0 aromatic heterocycles. The van der Waals surface area contributed by atoms with Crippen LogP contribution in [-0.2, 0) is 14.4 Å². The Balaban J connectivity index is 1.87. The van der Waals surface area contributed by atoms with Crippen molar-refractivity contribution in [1.82, 2.24) is 10.6 Å². The van der Waals surface area contributed by atoms with Gasteiger partial charge in [0.25, 0.3) is 0 Å². The number of urea groups is 1. The highest BCUT2D eigenvalue weighted by molar-refractivity contribution is 6.02. The van der Waals surface area contributed by atoms with E-state index in [4.69, 9.17) is 10.8 Å². The van der Waals surface area contributed by atoms with Crippen molar-refractivity contribution >= 4 is 40.3 Å². The van der Waals surface area contributed by atoms with E-state index >= 15 is 0 Å². The van der Waals surface area contributed by atoms with Crippen molar-refractivity contribution in [2.75, 3.05) is 11.9 Å². The van der Waals surface area contributed by atoms with Gasteiger partial charge >= 0.3 is 12.0 Å². The fourth-order valence-electron chi connectivity index (χ4n) is 2.45. The second kappa shape index (κ2) is 9.18. The number of carboxylic acids is 1. The molecule has 4 amide bonds. The first-order chi connectivity index (χ1) is 12.9. The Morgan fingerprint density at radius 2 is 1.74 bits per heavy atom. The predicted octanol–water partition coefficient (Wildman–Crippen LogP) is 0.796. The predicted molar refractivity (Wildman–Crippen MR) is 99.0 cm³/mol. The first-order valence-corrected chi connectivity index (χ1v) is 8.20. The standard InChI is InChI=1S/C18H20N4O5/c19-15(23)9-8-14(17(25)26)21-16(24)10-20-18(27)22-13-7-3-5-11-4-1-2-6-12(11)13/h1-7,14H,8-10H2,(H2,19,23)(H,21,24)(H,25,26)(H2,20,22,27)/t14-/m0/s1. The van der Waals surface area contributed by atoms with Crippen LogP contribution < -0.4 is 21.7 Å². The number of amides is 4. The van der Waals surface area contributed by atoms with Gasteiger partial charge < -0.3 is 26.8 Å². The van der Waals surface area contributed by atoms with Gasteiger partial charge in [0.05, 0.1) is 12.2 Å². The van der Waals surface area contributed by atoms with Gasteiger partial charge in [0.1, 0.15) is 6.04 Å². The third-order valence-corrected chi connectivity index (χ3v) is 3.76. The first kappa shape index (κ1) is 19.7. The lowest BCUT2D eigenvalue weighted by Crippen LogP contribution is -2.46. The molecule has 0 saturated heterocycles. The van der Waals surface area contributed by atoms with Gasteiger partial charge in [-0.1, -0.05) is 36.4 Å². The Labute approximate surface area is 154 Å². The minimum atomic E-state index is -1.29. The third kappa shape index (κ3) is 5.99. The average molecular weight is 372 g/mol. The van der Waals surface area contributed by atoms with Gasteiger partial charge in [-0.3, -0.25) is 9.59 Å². The maximum Gasteiger partial charge on any atom is 0.326 e. The normalized spacial score (nSPS) is 11.4. The highest BCUT2D eigenvalue weighted by Crippen LogP contribution is 2.22. The maximum atomic E-state index is 12.0. The first-order valence-electron chi connectivity index (χ1n) is 8.20. The number of fused-ring (bicyclic) bond motifs is 1. The molecule has 0 heterocycles. The van der Waals surface area contributed by atoms with Crippen LogP contribution in [0.3, 0.4) is 0 Å². The molecule has 0 fully saturated rings. The van der Waals surface area contributed by atoms with Crippen molar-refractivity contribution in [1.29, 1.82) is 0 Å². The molecule has 6 N–H and O–H groups in total. The van der Waals surface area contributed by atoms with Crippen LogP contribution in [0.1, 0.15) is 12.8 Å². The summed E-state index contributed by atoms with van der Waals surface area (Å²) in [6.45, 7) is -0.420. The number of aliphatic carboxylic acids is 1. The van der Waals surface area contributed by atoms with E-state index in [0.717, 1.165) is 10.8 Å². The van der Waals surface area contributed by atoms with Crippen LogP contribution in [0, 0.1) is 0 Å². The van der Waals surface area contributed by atoms with Gasteiger partial charge in [-0.15, -0.1) is 0 Å². The zero-order valence-corrected chi connectivity index (χ0v) is 14.4. The van der Waals surface area contributed by atoms with E-state index in [2.05, 4.69) is 16.0 Å². The lowest BCUT2D eigenvalue weighted by atomic mass is 10.1. The number of hydrogen-bond donors (Lipinski definition) is 5. The zero-order chi connectivity index (χ0) is 19.8. The fourth-order valence-corrected chi connectivity index (χ4v) is 2.45. The smallest absolute Gasteiger partial charge is 0.326 e. The Bertz CT molecular complexity index is 862. The Kier molecular flexibility index (Phi) is 6.70. The molecule has 142 valence electrons. The summed E-state index contributed by atoms with van der Waals surface area (Å²) in [6.07, 6.45) is -0.301. The van der Waals surface area contributed by atoms with Crippen molar-refractivity contribution in [3.8, 4) is 0 Å². The van der Waals surface area contributed by atoms with Crippen LogP contribution in [0.15, 0.2) is 42.5 Å². The van der Waals surface area contributed by atoms with Crippen molar-refractivity contribution in [3.05, 3.63) is 42.5 Å². The number of carbonyl (C=O) groups excluding carboxylic acids is 3. The molecule has 2 aromatic rings. The highest BCUT2D eigenvalue weighted by atomic mass is 16.4. The van der Waals surface area contributed by atoms with Gasteiger partial charge in [0.2, 0.25) is 11.8 Å². The number of hydrogen-bond acceptors (Lipinski definition) is 4. The second-order valence-electron chi connectivity index (χ2n) is 5.80. The van der Waals surface area contributed by atoms with Crippen LogP contribution >= 0.6 is 0 Å². The Hall–Kier alpha value is -3.62. The molecule has 0 aliphatic heterocycles. The summed E-state index contributed by atoms with van der Waals surface area (Å²) in [5, 5.41) is 18.1. The number of carbonyl (C=O) groups is 4. The molecule has 0 aliphatic rings. The molecular weight excluding hydrogens is 352 g/mol. The topological polar surface area (TPSA) is 151 Å². The van der Waals surface area contributed by atoms with E-state index in [1.54, 1.807) is 12.1 Å². The summed E-state index contributed by atoms with van der Waals surface area (Å²) in [7, 11) is 0. The lowest BCUT2D eigenvalue weighted by molar-refractivity contribution is -0.142. The average Bonchev–Trinajstić information content (AvgIpc) is 2.63. The number of primary amides is 1. The maximum absolute atomic E-state index is 12.0. The molecule has 2 rings (SSSR count). The number of rotatable bonds is 8. The summed E-state index contributed by atoms with van der Waals surface area (Å²) >= 11 is 0. The van der Waals surface area contributed by atoms with Crippen LogP contribution in [0.5, 0.6) is 0 Å². The van der Waals surface area contributed by atoms with Crippen LogP contribution in [0.25, 0.3) is 10.8 Å². The van der Waals surface area contributed by atoms with E-state index < -0.39 is 36.4 Å². The molecule has 27 heavy (non-hydrogen) atoms. The van der Waals surface area contributed by atoms with Gasteiger partial charge in [0.15, 0.2) is 0 Å². The van der Waals surface area contributed by atoms with E-state index in [0.29, 0.717) is 5.69 Å². The monoisotopic (exact) mass is 372 g/mol. The van der Waals surface area contributed by atoms with Gasteiger partial charge in [-0.25, -0.2) is 9.59 Å². The van der Waals surface area contributed by atoms with E-state index in [9.17, 15) is 19.2 Å². The second-order valence-corrected chi connectivity index (χ2v) is 5.80. The molecule has 0 aliphatic carbocycles.